The van der Waals surface area contributed by atoms with Crippen LogP contribution in [0.25, 0.3) is 0 Å². The Morgan fingerprint density at radius 1 is 1.69 bits per heavy atom. The smallest absolute Gasteiger partial charge is 0.184 e. The van der Waals surface area contributed by atoms with Crippen molar-refractivity contribution in [3.05, 3.63) is 16.4 Å². The van der Waals surface area contributed by atoms with Gasteiger partial charge < -0.3 is 5.73 Å². The van der Waals surface area contributed by atoms with Gasteiger partial charge in [-0.1, -0.05) is 13.8 Å². The Bertz CT molecular complexity index is 362. The monoisotopic (exact) mass is 287 g/mol. The normalized spacial score (nSPS) is 12.8. The van der Waals surface area contributed by atoms with Crippen LogP contribution in [0.3, 0.4) is 0 Å². The summed E-state index contributed by atoms with van der Waals surface area (Å²) >= 11 is 3.37. The molecule has 16 heavy (non-hydrogen) atoms. The molecule has 0 aliphatic rings. The highest BCUT2D eigenvalue weighted by Gasteiger charge is 2.21. The summed E-state index contributed by atoms with van der Waals surface area (Å²) in [5.74, 6) is 0.0666. The third-order valence-corrected chi connectivity index (χ3v) is 3.09. The van der Waals surface area contributed by atoms with Crippen molar-refractivity contribution in [2.45, 2.75) is 33.2 Å². The Morgan fingerprint density at radius 3 is 2.94 bits per heavy atom. The van der Waals surface area contributed by atoms with Gasteiger partial charge in [0.25, 0.3) is 0 Å². The zero-order chi connectivity index (χ0) is 12.1. The van der Waals surface area contributed by atoms with Gasteiger partial charge in [0.2, 0.25) is 0 Å². The van der Waals surface area contributed by atoms with E-state index < -0.39 is 0 Å². The summed E-state index contributed by atoms with van der Waals surface area (Å²) in [6.07, 6.45) is 3.35. The molecule has 0 saturated heterocycles. The zero-order valence-electron chi connectivity index (χ0n) is 9.74. The molecule has 1 unspecified atom stereocenters. The van der Waals surface area contributed by atoms with Crippen LogP contribution in [-0.4, -0.2) is 22.1 Å². The van der Waals surface area contributed by atoms with Gasteiger partial charge in [0.1, 0.15) is 5.69 Å². The van der Waals surface area contributed by atoms with Gasteiger partial charge in [-0.3, -0.25) is 9.48 Å². The van der Waals surface area contributed by atoms with Crippen molar-refractivity contribution in [1.29, 1.82) is 0 Å². The number of aromatic nitrogens is 2. The van der Waals surface area contributed by atoms with Crippen molar-refractivity contribution in [2.75, 3.05) is 6.54 Å². The van der Waals surface area contributed by atoms with Crippen LogP contribution in [0.2, 0.25) is 0 Å². The summed E-state index contributed by atoms with van der Waals surface area (Å²) < 4.78 is 2.54. The fraction of sp³-hybridized carbons (Fsp3) is 0.636. The van der Waals surface area contributed by atoms with Crippen molar-refractivity contribution < 1.29 is 4.79 Å². The van der Waals surface area contributed by atoms with E-state index in [1.807, 2.05) is 6.92 Å². The summed E-state index contributed by atoms with van der Waals surface area (Å²) in [4.78, 5) is 12.2. The number of aryl methyl sites for hydroxylation is 1. The number of hydrogen-bond donors (Lipinski definition) is 1. The standard InChI is InChI=1S/C11H18BrN3O/c1-3-6-15-10(9(12)7-14-15)11(16)8(2)4-5-13/h7-8H,3-6,13H2,1-2H3. The lowest BCUT2D eigenvalue weighted by atomic mass is 10.0. The Kier molecular flexibility index (Phi) is 5.15. The Labute approximate surface area is 104 Å². The highest BCUT2D eigenvalue weighted by atomic mass is 79.9. The molecule has 0 aromatic carbocycles. The first-order valence-electron chi connectivity index (χ1n) is 5.57. The maximum absolute atomic E-state index is 12.2. The first-order valence-corrected chi connectivity index (χ1v) is 6.36. The Hall–Kier alpha value is -0.680. The van der Waals surface area contributed by atoms with Crippen LogP contribution >= 0.6 is 15.9 Å². The maximum Gasteiger partial charge on any atom is 0.184 e. The largest absolute Gasteiger partial charge is 0.330 e. The fourth-order valence-corrected chi connectivity index (χ4v) is 2.09. The molecule has 0 radical (unpaired) electrons. The number of Topliss-reactive ketones (excluding diaryl/α,β-unsaturated/α-hetero) is 1. The van der Waals surface area contributed by atoms with Gasteiger partial charge in [-0.15, -0.1) is 0 Å². The van der Waals surface area contributed by atoms with Gasteiger partial charge in [0.05, 0.1) is 10.7 Å². The van der Waals surface area contributed by atoms with E-state index in [4.69, 9.17) is 5.73 Å². The topological polar surface area (TPSA) is 60.9 Å². The summed E-state index contributed by atoms with van der Waals surface area (Å²) in [5, 5.41) is 4.19. The van der Waals surface area contributed by atoms with Gasteiger partial charge in [-0.25, -0.2) is 0 Å². The van der Waals surface area contributed by atoms with Crippen molar-refractivity contribution >= 4 is 21.7 Å². The molecule has 5 heteroatoms. The predicted molar refractivity (Wildman–Crippen MR) is 67.4 cm³/mol. The molecule has 1 aromatic rings. The summed E-state index contributed by atoms with van der Waals surface area (Å²) in [5.41, 5.74) is 6.14. The van der Waals surface area contributed by atoms with E-state index in [0.717, 1.165) is 17.4 Å². The summed E-state index contributed by atoms with van der Waals surface area (Å²) in [6, 6.07) is 0. The maximum atomic E-state index is 12.2. The lowest BCUT2D eigenvalue weighted by Crippen LogP contribution is -2.20. The van der Waals surface area contributed by atoms with Gasteiger partial charge >= 0.3 is 0 Å². The van der Waals surface area contributed by atoms with E-state index >= 15 is 0 Å². The van der Waals surface area contributed by atoms with E-state index in [-0.39, 0.29) is 11.7 Å². The van der Waals surface area contributed by atoms with E-state index in [0.29, 0.717) is 18.7 Å². The van der Waals surface area contributed by atoms with Gasteiger partial charge in [0.15, 0.2) is 5.78 Å². The average molecular weight is 288 g/mol. The minimum atomic E-state index is -0.0476. The second kappa shape index (κ2) is 6.15. The molecule has 2 N–H and O–H groups in total. The minimum Gasteiger partial charge on any atom is -0.330 e. The lowest BCUT2D eigenvalue weighted by Gasteiger charge is -2.11. The van der Waals surface area contributed by atoms with E-state index in [2.05, 4.69) is 28.0 Å². The number of rotatable bonds is 6. The summed E-state index contributed by atoms with van der Waals surface area (Å²) in [7, 11) is 0. The molecule has 1 rings (SSSR count). The van der Waals surface area contributed by atoms with E-state index in [1.54, 1.807) is 10.9 Å². The molecule has 0 aliphatic carbocycles. The average Bonchev–Trinajstić information content (AvgIpc) is 2.60. The molecule has 0 spiro atoms. The molecule has 0 fully saturated rings. The van der Waals surface area contributed by atoms with Crippen LogP contribution in [-0.2, 0) is 6.54 Å². The molecule has 90 valence electrons. The molecule has 1 heterocycles. The molecular weight excluding hydrogens is 270 g/mol. The predicted octanol–water partition coefficient (Wildman–Crippen LogP) is 2.22. The zero-order valence-corrected chi connectivity index (χ0v) is 11.3. The van der Waals surface area contributed by atoms with Crippen molar-refractivity contribution in [2.24, 2.45) is 11.7 Å². The number of carbonyl (C=O) groups excluding carboxylic acids is 1. The molecule has 1 atom stereocenters. The van der Waals surface area contributed by atoms with Crippen LogP contribution in [0.15, 0.2) is 10.7 Å². The van der Waals surface area contributed by atoms with Crippen LogP contribution in [0.5, 0.6) is 0 Å². The third kappa shape index (κ3) is 2.92. The van der Waals surface area contributed by atoms with Gasteiger partial charge in [-0.2, -0.15) is 5.10 Å². The fourth-order valence-electron chi connectivity index (χ4n) is 1.60. The number of nitrogens with two attached hydrogens (primary N) is 1. The van der Waals surface area contributed by atoms with Gasteiger partial charge in [-0.05, 0) is 35.3 Å². The molecule has 4 nitrogen and oxygen atoms in total. The molecule has 0 bridgehead atoms. The second-order valence-electron chi connectivity index (χ2n) is 3.91. The molecule has 0 aliphatic heterocycles. The first kappa shape index (κ1) is 13.4. The number of nitrogens with zero attached hydrogens (tertiary/aromatic N) is 2. The number of carbonyl (C=O) groups is 1. The molecule has 1 aromatic heterocycles. The lowest BCUT2D eigenvalue weighted by molar-refractivity contribution is 0.0913. The molecular formula is C11H18BrN3O. The van der Waals surface area contributed by atoms with Crippen LogP contribution in [0, 0.1) is 5.92 Å². The number of hydrogen-bond acceptors (Lipinski definition) is 3. The molecule has 0 amide bonds. The van der Waals surface area contributed by atoms with Crippen LogP contribution in [0.4, 0.5) is 0 Å². The number of halogens is 1. The van der Waals surface area contributed by atoms with Crippen LogP contribution in [0.1, 0.15) is 37.2 Å². The second-order valence-corrected chi connectivity index (χ2v) is 4.76. The quantitative estimate of drug-likeness (QED) is 0.816. The highest BCUT2D eigenvalue weighted by Crippen LogP contribution is 2.21. The van der Waals surface area contributed by atoms with Gasteiger partial charge in [0, 0.05) is 12.5 Å². The minimum absolute atomic E-state index is 0.0476. The third-order valence-electron chi connectivity index (χ3n) is 2.51. The first-order chi connectivity index (χ1) is 7.61. The van der Waals surface area contributed by atoms with Crippen molar-refractivity contribution in [1.82, 2.24) is 9.78 Å². The SMILES string of the molecule is CCCn1ncc(Br)c1C(=O)C(C)CCN. The highest BCUT2D eigenvalue weighted by molar-refractivity contribution is 9.10. The Morgan fingerprint density at radius 2 is 2.38 bits per heavy atom. The van der Waals surface area contributed by atoms with Crippen molar-refractivity contribution in [3.8, 4) is 0 Å². The van der Waals surface area contributed by atoms with Crippen molar-refractivity contribution in [3.63, 3.8) is 0 Å². The summed E-state index contributed by atoms with van der Waals surface area (Å²) in [6.45, 7) is 5.27. The van der Waals surface area contributed by atoms with E-state index in [1.165, 1.54) is 0 Å². The van der Waals surface area contributed by atoms with Crippen LogP contribution < -0.4 is 5.73 Å². The Balaban J connectivity index is 2.92. The molecule has 0 saturated carbocycles. The number of ketones is 1. The van der Waals surface area contributed by atoms with E-state index in [9.17, 15) is 4.79 Å².